The molecule has 2 atom stereocenters. The molecular weight excluding hydrogens is 587 g/mol. The molecule has 2 aromatic carbocycles. The lowest BCUT2D eigenvalue weighted by Gasteiger charge is -2.43. The van der Waals surface area contributed by atoms with Crippen LogP contribution in [0.5, 0.6) is 0 Å². The number of amides is 2. The third kappa shape index (κ3) is 7.21. The highest BCUT2D eigenvalue weighted by atomic mass is 19.4. The third-order valence-electron chi connectivity index (χ3n) is 6.72. The van der Waals surface area contributed by atoms with E-state index in [1.807, 2.05) is 0 Å². The van der Waals surface area contributed by atoms with Crippen LogP contribution in [0.25, 0.3) is 0 Å². The van der Waals surface area contributed by atoms with Crippen molar-refractivity contribution in [3.63, 3.8) is 0 Å². The Hall–Kier alpha value is -3.65. The van der Waals surface area contributed by atoms with Gasteiger partial charge < -0.3 is 9.47 Å². The monoisotopic (exact) mass is 614 g/mol. The second kappa shape index (κ2) is 12.3. The summed E-state index contributed by atoms with van der Waals surface area (Å²) in [6.45, 7) is 2.52. The van der Waals surface area contributed by atoms with Crippen molar-refractivity contribution in [3.8, 4) is 0 Å². The van der Waals surface area contributed by atoms with Gasteiger partial charge in [-0.15, -0.1) is 0 Å². The highest BCUT2D eigenvalue weighted by Crippen LogP contribution is 2.45. The number of halogens is 9. The molecule has 0 unspecified atom stereocenters. The molecule has 15 heteroatoms. The van der Waals surface area contributed by atoms with Crippen LogP contribution in [0.1, 0.15) is 67.0 Å². The molecule has 0 fully saturated rings. The van der Waals surface area contributed by atoms with Crippen LogP contribution >= 0.6 is 0 Å². The van der Waals surface area contributed by atoms with Crippen molar-refractivity contribution in [1.29, 1.82) is 0 Å². The van der Waals surface area contributed by atoms with Crippen molar-refractivity contribution in [1.82, 2.24) is 4.90 Å². The molecule has 0 aliphatic carbocycles. The van der Waals surface area contributed by atoms with Crippen LogP contribution in [0, 0.1) is 0 Å². The predicted molar refractivity (Wildman–Crippen MR) is 131 cm³/mol. The van der Waals surface area contributed by atoms with E-state index in [2.05, 4.69) is 0 Å². The first-order valence-corrected chi connectivity index (χ1v) is 12.7. The minimum Gasteiger partial charge on any atom is -0.453 e. The summed E-state index contributed by atoms with van der Waals surface area (Å²) in [6.07, 6.45) is -16.8. The SMILES string of the molecule is CCCOC(=O)N1c2ccc(C(F)(F)F)cc2[C@@H](N(Cc2cc(C(F)(F)F)cc(C(F)(F)F)c2)C(=O)OC)C[C@H]1CC. The van der Waals surface area contributed by atoms with Gasteiger partial charge in [0, 0.05) is 12.6 Å². The van der Waals surface area contributed by atoms with Crippen LogP contribution in [0.4, 0.5) is 54.8 Å². The number of rotatable bonds is 6. The highest BCUT2D eigenvalue weighted by molar-refractivity contribution is 5.90. The Morgan fingerprint density at radius 2 is 1.45 bits per heavy atom. The Labute approximate surface area is 235 Å². The summed E-state index contributed by atoms with van der Waals surface area (Å²) in [5.41, 5.74) is -5.26. The first-order valence-electron chi connectivity index (χ1n) is 12.7. The molecule has 0 saturated heterocycles. The maximum Gasteiger partial charge on any atom is 0.416 e. The van der Waals surface area contributed by atoms with Crippen LogP contribution < -0.4 is 4.90 Å². The summed E-state index contributed by atoms with van der Waals surface area (Å²) < 4.78 is 132. The Morgan fingerprint density at radius 1 is 0.881 bits per heavy atom. The van der Waals surface area contributed by atoms with Gasteiger partial charge in [-0.3, -0.25) is 9.80 Å². The molecule has 0 radical (unpaired) electrons. The maximum absolute atomic E-state index is 13.7. The minimum atomic E-state index is -5.17. The van der Waals surface area contributed by atoms with E-state index in [0.29, 0.717) is 24.6 Å². The topological polar surface area (TPSA) is 59.1 Å². The number of anilines is 1. The van der Waals surface area contributed by atoms with Gasteiger partial charge in [0.25, 0.3) is 0 Å². The van der Waals surface area contributed by atoms with E-state index in [0.717, 1.165) is 29.0 Å². The molecule has 42 heavy (non-hydrogen) atoms. The quantitative estimate of drug-likeness (QED) is 0.306. The van der Waals surface area contributed by atoms with Crippen LogP contribution in [-0.2, 0) is 34.5 Å². The third-order valence-corrected chi connectivity index (χ3v) is 6.72. The fourth-order valence-corrected chi connectivity index (χ4v) is 4.78. The van der Waals surface area contributed by atoms with Gasteiger partial charge >= 0.3 is 30.7 Å². The number of hydrogen-bond acceptors (Lipinski definition) is 4. The summed E-state index contributed by atoms with van der Waals surface area (Å²) in [7, 11) is 0.907. The van der Waals surface area contributed by atoms with E-state index in [1.54, 1.807) is 13.8 Å². The molecule has 232 valence electrons. The molecule has 0 saturated carbocycles. The van der Waals surface area contributed by atoms with Crippen molar-refractivity contribution in [2.45, 2.75) is 70.3 Å². The van der Waals surface area contributed by atoms with Crippen molar-refractivity contribution < 1.29 is 58.6 Å². The van der Waals surface area contributed by atoms with Crippen molar-refractivity contribution in [3.05, 3.63) is 64.2 Å². The molecule has 0 N–H and O–H groups in total. The predicted octanol–water partition coefficient (Wildman–Crippen LogP) is 8.59. The standard InChI is InChI=1S/C27H27F9N2O4/c1-4-8-42-24(40)38-19(5-2)13-22(20-12-16(25(28,29)30)6-7-21(20)38)37(23(39)41-3)14-15-9-17(26(31,32)33)11-18(10-15)27(34,35)36/h6-7,9-12,19,22H,4-5,8,13-14H2,1-3H3/t19-,22+/m1/s1. The molecule has 1 aliphatic heterocycles. The van der Waals surface area contributed by atoms with Gasteiger partial charge in [0.2, 0.25) is 0 Å². The van der Waals surface area contributed by atoms with Gasteiger partial charge in [0.15, 0.2) is 0 Å². The highest BCUT2D eigenvalue weighted by Gasteiger charge is 2.43. The Morgan fingerprint density at radius 3 is 1.93 bits per heavy atom. The zero-order valence-corrected chi connectivity index (χ0v) is 22.6. The number of fused-ring (bicyclic) bond motifs is 1. The number of carbonyl (C=O) groups excluding carboxylic acids is 2. The van der Waals surface area contributed by atoms with Crippen molar-refractivity contribution >= 4 is 17.9 Å². The van der Waals surface area contributed by atoms with Gasteiger partial charge in [-0.1, -0.05) is 13.8 Å². The van der Waals surface area contributed by atoms with E-state index >= 15 is 0 Å². The lowest BCUT2D eigenvalue weighted by molar-refractivity contribution is -0.143. The second-order valence-electron chi connectivity index (χ2n) is 9.58. The first-order chi connectivity index (χ1) is 19.4. The van der Waals surface area contributed by atoms with E-state index in [4.69, 9.17) is 9.47 Å². The normalized spacial score (nSPS) is 17.5. The Bertz CT molecular complexity index is 1260. The molecule has 1 heterocycles. The Kier molecular flexibility index (Phi) is 9.62. The molecule has 0 spiro atoms. The van der Waals surface area contributed by atoms with Gasteiger partial charge in [-0.2, -0.15) is 39.5 Å². The molecular formula is C27H27F9N2O4. The number of hydrogen-bond donors (Lipinski definition) is 0. The smallest absolute Gasteiger partial charge is 0.416 e. The Balaban J connectivity index is 2.22. The number of benzene rings is 2. The van der Waals surface area contributed by atoms with Crippen LogP contribution in [-0.4, -0.2) is 36.8 Å². The molecule has 6 nitrogen and oxygen atoms in total. The molecule has 2 aromatic rings. The number of carbonyl (C=O) groups is 2. The summed E-state index contributed by atoms with van der Waals surface area (Å²) >= 11 is 0. The summed E-state index contributed by atoms with van der Waals surface area (Å²) in [5, 5.41) is 0. The van der Waals surface area contributed by atoms with Gasteiger partial charge in [-0.05, 0) is 66.8 Å². The summed E-state index contributed by atoms with van der Waals surface area (Å²) in [5.74, 6) is 0. The van der Waals surface area contributed by atoms with E-state index in [9.17, 15) is 49.1 Å². The second-order valence-corrected chi connectivity index (χ2v) is 9.58. The molecule has 2 amide bonds. The van der Waals surface area contributed by atoms with Crippen molar-refractivity contribution in [2.24, 2.45) is 0 Å². The maximum atomic E-state index is 13.7. The van der Waals surface area contributed by atoms with E-state index in [1.165, 1.54) is 0 Å². The molecule has 3 rings (SSSR count). The number of ether oxygens (including phenoxy) is 2. The fraction of sp³-hybridized carbons (Fsp3) is 0.481. The average Bonchev–Trinajstić information content (AvgIpc) is 2.91. The van der Waals surface area contributed by atoms with Gasteiger partial charge in [0.05, 0.1) is 42.1 Å². The lowest BCUT2D eigenvalue weighted by Crippen LogP contribution is -2.48. The van der Waals surface area contributed by atoms with Crippen LogP contribution in [0.3, 0.4) is 0 Å². The fourth-order valence-electron chi connectivity index (χ4n) is 4.78. The number of alkyl halides is 9. The molecule has 0 aromatic heterocycles. The zero-order valence-electron chi connectivity index (χ0n) is 22.6. The number of methoxy groups -OCH3 is 1. The van der Waals surface area contributed by atoms with Crippen LogP contribution in [0.15, 0.2) is 36.4 Å². The minimum absolute atomic E-state index is 0.0105. The van der Waals surface area contributed by atoms with Crippen molar-refractivity contribution in [2.75, 3.05) is 18.6 Å². The summed E-state index contributed by atoms with van der Waals surface area (Å²) in [6, 6.07) is 1.10. The largest absolute Gasteiger partial charge is 0.453 e. The first kappa shape index (κ1) is 32.9. The number of nitrogens with zero attached hydrogens (tertiary/aromatic N) is 2. The van der Waals surface area contributed by atoms with Gasteiger partial charge in [-0.25, -0.2) is 9.59 Å². The zero-order chi connectivity index (χ0) is 31.6. The van der Waals surface area contributed by atoms with Gasteiger partial charge in [0.1, 0.15) is 0 Å². The summed E-state index contributed by atoms with van der Waals surface area (Å²) in [4.78, 5) is 27.8. The van der Waals surface area contributed by atoms with E-state index in [-0.39, 0.29) is 36.8 Å². The lowest BCUT2D eigenvalue weighted by atomic mass is 9.87. The molecule has 1 aliphatic rings. The molecule has 0 bridgehead atoms. The van der Waals surface area contributed by atoms with Crippen LogP contribution in [0.2, 0.25) is 0 Å². The average molecular weight is 615 g/mol. The van der Waals surface area contributed by atoms with E-state index < -0.39 is 71.6 Å².